The molecule has 94 valence electrons. The summed E-state index contributed by atoms with van der Waals surface area (Å²) in [6, 6.07) is 0. The van der Waals surface area contributed by atoms with Gasteiger partial charge in [-0.15, -0.1) is 0 Å². The van der Waals surface area contributed by atoms with E-state index in [2.05, 4.69) is 10.1 Å². The van der Waals surface area contributed by atoms with Crippen molar-refractivity contribution in [2.45, 2.75) is 13.8 Å². The van der Waals surface area contributed by atoms with Crippen LogP contribution in [0.25, 0.3) is 0 Å². The summed E-state index contributed by atoms with van der Waals surface area (Å²) in [7, 11) is 9.80. The van der Waals surface area contributed by atoms with Crippen molar-refractivity contribution in [3.63, 3.8) is 0 Å². The standard InChI is InChI=1S/C6H14N2O2.C2H7N.C2H6/c1-8(2,3)4-5-10-6(7)9;1-3-2;1-2/h4-5H2,1-3H3,(H-,7,9);3H,1-2H3;1-2H3/p+1. The third kappa shape index (κ3) is 43.1. The molecular weight excluding hydrogens is 194 g/mol. The third-order valence-corrected chi connectivity index (χ3v) is 1.01. The maximum Gasteiger partial charge on any atom is 0.404 e. The topological polar surface area (TPSA) is 64.3 Å². The minimum atomic E-state index is -0.701. The van der Waals surface area contributed by atoms with Crippen LogP contribution in [0.3, 0.4) is 0 Å². The first-order valence-corrected chi connectivity index (χ1v) is 5.14. The fourth-order valence-electron chi connectivity index (χ4n) is 0.420. The molecule has 0 atom stereocenters. The summed E-state index contributed by atoms with van der Waals surface area (Å²) < 4.78 is 5.31. The first kappa shape index (κ1) is 19.7. The first-order chi connectivity index (χ1) is 6.83. The number of carbonyl (C=O) groups excluding carboxylic acids is 1. The molecule has 5 nitrogen and oxygen atoms in total. The van der Waals surface area contributed by atoms with Gasteiger partial charge in [-0.05, 0) is 14.1 Å². The molecule has 5 heteroatoms. The smallest absolute Gasteiger partial charge is 0.404 e. The zero-order valence-corrected chi connectivity index (χ0v) is 11.3. The first-order valence-electron chi connectivity index (χ1n) is 5.14. The number of primary amides is 1. The summed E-state index contributed by atoms with van der Waals surface area (Å²) >= 11 is 0. The molecule has 0 unspecified atom stereocenters. The minimum Gasteiger partial charge on any atom is -0.444 e. The van der Waals surface area contributed by atoms with Crippen molar-refractivity contribution in [3.05, 3.63) is 0 Å². The maximum absolute atomic E-state index is 10.1. The average molecular weight is 222 g/mol. The summed E-state index contributed by atoms with van der Waals surface area (Å²) in [6.45, 7) is 5.17. The van der Waals surface area contributed by atoms with E-state index in [0.29, 0.717) is 6.61 Å². The largest absolute Gasteiger partial charge is 0.444 e. The fraction of sp³-hybridized carbons (Fsp3) is 0.900. The lowest BCUT2D eigenvalue weighted by molar-refractivity contribution is -0.870. The summed E-state index contributed by atoms with van der Waals surface area (Å²) in [5, 5.41) is 2.75. The van der Waals surface area contributed by atoms with Crippen LogP contribution >= 0.6 is 0 Å². The van der Waals surface area contributed by atoms with Crippen LogP contribution in [0.2, 0.25) is 0 Å². The minimum absolute atomic E-state index is 0.388. The normalized spacial score (nSPS) is 9.00. The van der Waals surface area contributed by atoms with Gasteiger partial charge < -0.3 is 20.3 Å². The molecule has 1 amide bonds. The Labute approximate surface area is 94.2 Å². The van der Waals surface area contributed by atoms with Gasteiger partial charge in [-0.1, -0.05) is 13.8 Å². The van der Waals surface area contributed by atoms with Gasteiger partial charge in [-0.3, -0.25) is 0 Å². The maximum atomic E-state index is 10.1. The van der Waals surface area contributed by atoms with Gasteiger partial charge in [0.15, 0.2) is 0 Å². The van der Waals surface area contributed by atoms with E-state index in [9.17, 15) is 4.79 Å². The number of carbonyl (C=O) groups is 1. The molecule has 0 heterocycles. The van der Waals surface area contributed by atoms with E-state index in [4.69, 9.17) is 5.73 Å². The summed E-state index contributed by atoms with van der Waals surface area (Å²) in [4.78, 5) is 10.1. The molecule has 0 rings (SSSR count). The Morgan fingerprint density at radius 1 is 1.27 bits per heavy atom. The Kier molecular flexibility index (Phi) is 17.3. The zero-order chi connectivity index (χ0) is 12.9. The number of hydrogen-bond donors (Lipinski definition) is 2. The molecular formula is C10H28N3O2+. The number of quaternary nitrogens is 1. The number of nitrogens with zero attached hydrogens (tertiary/aromatic N) is 1. The number of nitrogens with two attached hydrogens (primary N) is 1. The van der Waals surface area contributed by atoms with Gasteiger partial charge in [-0.25, -0.2) is 4.79 Å². The van der Waals surface area contributed by atoms with Crippen LogP contribution in [0.5, 0.6) is 0 Å². The number of amides is 1. The van der Waals surface area contributed by atoms with Crippen molar-refractivity contribution in [1.29, 1.82) is 0 Å². The molecule has 0 aromatic carbocycles. The number of rotatable bonds is 3. The quantitative estimate of drug-likeness (QED) is 0.689. The van der Waals surface area contributed by atoms with Crippen LogP contribution in [-0.2, 0) is 4.74 Å². The van der Waals surface area contributed by atoms with Crippen LogP contribution in [0.1, 0.15) is 13.8 Å². The second-order valence-corrected chi connectivity index (χ2v) is 3.68. The summed E-state index contributed by atoms with van der Waals surface area (Å²) in [5.41, 5.74) is 4.75. The lowest BCUT2D eigenvalue weighted by atomic mass is 10.5. The van der Waals surface area contributed by atoms with Crippen LogP contribution in [0.15, 0.2) is 0 Å². The van der Waals surface area contributed by atoms with Crippen LogP contribution in [0.4, 0.5) is 4.79 Å². The highest BCUT2D eigenvalue weighted by Gasteiger charge is 2.06. The number of hydrogen-bond acceptors (Lipinski definition) is 3. The lowest BCUT2D eigenvalue weighted by Crippen LogP contribution is -2.38. The van der Waals surface area contributed by atoms with Crippen molar-refractivity contribution in [3.8, 4) is 0 Å². The Morgan fingerprint density at radius 3 is 1.80 bits per heavy atom. The molecule has 0 saturated carbocycles. The summed E-state index contributed by atoms with van der Waals surface area (Å²) in [5.74, 6) is 0. The van der Waals surface area contributed by atoms with Crippen molar-refractivity contribution < 1.29 is 14.0 Å². The number of ether oxygens (including phenoxy) is 1. The van der Waals surface area contributed by atoms with E-state index in [-0.39, 0.29) is 0 Å². The average Bonchev–Trinajstić information content (AvgIpc) is 2.06. The fourth-order valence-corrected chi connectivity index (χ4v) is 0.420. The Morgan fingerprint density at radius 2 is 1.60 bits per heavy atom. The van der Waals surface area contributed by atoms with Gasteiger partial charge in [0, 0.05) is 0 Å². The van der Waals surface area contributed by atoms with Crippen molar-refractivity contribution >= 4 is 6.09 Å². The molecule has 0 bridgehead atoms. The molecule has 0 aliphatic rings. The zero-order valence-electron chi connectivity index (χ0n) is 11.3. The van der Waals surface area contributed by atoms with Gasteiger partial charge in [-0.2, -0.15) is 0 Å². The second kappa shape index (κ2) is 13.2. The van der Waals surface area contributed by atoms with Gasteiger partial charge in [0.05, 0.1) is 21.1 Å². The van der Waals surface area contributed by atoms with E-state index >= 15 is 0 Å². The van der Waals surface area contributed by atoms with Crippen LogP contribution in [-0.4, -0.2) is 59.0 Å². The van der Waals surface area contributed by atoms with E-state index in [0.717, 1.165) is 11.0 Å². The molecule has 0 aliphatic heterocycles. The van der Waals surface area contributed by atoms with E-state index in [1.54, 1.807) is 0 Å². The molecule has 0 radical (unpaired) electrons. The Hall–Kier alpha value is -0.810. The lowest BCUT2D eigenvalue weighted by Gasteiger charge is -2.22. The molecule has 0 spiro atoms. The van der Waals surface area contributed by atoms with E-state index < -0.39 is 6.09 Å². The molecule has 3 N–H and O–H groups in total. The molecule has 0 aromatic rings. The Balaban J connectivity index is -0.000000245. The van der Waals surface area contributed by atoms with E-state index in [1.807, 2.05) is 49.1 Å². The Bertz CT molecular complexity index is 133. The van der Waals surface area contributed by atoms with Gasteiger partial charge >= 0.3 is 6.09 Å². The highest BCUT2D eigenvalue weighted by molar-refractivity contribution is 5.64. The van der Waals surface area contributed by atoms with Gasteiger partial charge in [0.2, 0.25) is 0 Å². The second-order valence-electron chi connectivity index (χ2n) is 3.68. The van der Waals surface area contributed by atoms with Crippen molar-refractivity contribution in [2.75, 3.05) is 48.4 Å². The SMILES string of the molecule is CC.CNC.C[N+](C)(C)CCOC(N)=O. The van der Waals surface area contributed by atoms with Crippen molar-refractivity contribution in [2.24, 2.45) is 5.73 Å². The number of nitrogens with one attached hydrogen (secondary N) is 1. The van der Waals surface area contributed by atoms with Gasteiger partial charge in [0.25, 0.3) is 0 Å². The third-order valence-electron chi connectivity index (χ3n) is 1.01. The number of likely N-dealkylation sites (N-methyl/N-ethyl adjacent to an activating group) is 1. The molecule has 15 heavy (non-hydrogen) atoms. The van der Waals surface area contributed by atoms with Crippen LogP contribution < -0.4 is 11.1 Å². The summed E-state index contributed by atoms with van der Waals surface area (Å²) in [6.07, 6.45) is -0.701. The predicted molar refractivity (Wildman–Crippen MR) is 64.8 cm³/mol. The highest BCUT2D eigenvalue weighted by Crippen LogP contribution is 1.88. The van der Waals surface area contributed by atoms with Gasteiger partial charge in [0.1, 0.15) is 13.2 Å². The monoisotopic (exact) mass is 222 g/mol. The van der Waals surface area contributed by atoms with Crippen molar-refractivity contribution in [1.82, 2.24) is 5.32 Å². The van der Waals surface area contributed by atoms with E-state index in [1.165, 1.54) is 0 Å². The molecule has 0 aliphatic carbocycles. The predicted octanol–water partition coefficient (Wildman–Crippen LogP) is 0.650. The van der Waals surface area contributed by atoms with Crippen LogP contribution in [0, 0.1) is 0 Å². The molecule has 0 saturated heterocycles. The highest BCUT2D eigenvalue weighted by atomic mass is 16.5. The molecule has 0 fully saturated rings. The molecule has 0 aromatic heterocycles.